The van der Waals surface area contributed by atoms with Crippen LogP contribution in [0, 0.1) is 5.92 Å². The van der Waals surface area contributed by atoms with E-state index in [1.54, 1.807) is 31.2 Å². The molecule has 1 unspecified atom stereocenters. The van der Waals surface area contributed by atoms with Crippen LogP contribution in [0.3, 0.4) is 0 Å². The van der Waals surface area contributed by atoms with Gasteiger partial charge in [0.05, 0.1) is 17.0 Å². The van der Waals surface area contributed by atoms with Crippen LogP contribution in [-0.2, 0) is 4.79 Å². The third-order valence-corrected chi connectivity index (χ3v) is 4.26. The van der Waals surface area contributed by atoms with Crippen LogP contribution in [0.1, 0.15) is 41.7 Å². The molecule has 0 saturated heterocycles. The summed E-state index contributed by atoms with van der Waals surface area (Å²) in [5, 5.41) is 12.8. The average molecular weight is 333 g/mol. The Labute approximate surface area is 138 Å². The van der Waals surface area contributed by atoms with Crippen LogP contribution in [0.5, 0.6) is 0 Å². The molecule has 2 aromatic rings. The zero-order chi connectivity index (χ0) is 16.6. The van der Waals surface area contributed by atoms with E-state index in [-0.39, 0.29) is 12.5 Å². The summed E-state index contributed by atoms with van der Waals surface area (Å²) in [6.45, 7) is 1.64. The van der Waals surface area contributed by atoms with Gasteiger partial charge in [-0.25, -0.2) is 0 Å². The summed E-state index contributed by atoms with van der Waals surface area (Å²) in [4.78, 5) is 28.0. The number of hydrogen-bond acceptors (Lipinski definition) is 3. The Morgan fingerprint density at radius 3 is 2.78 bits per heavy atom. The number of pyridine rings is 1. The van der Waals surface area contributed by atoms with Crippen molar-refractivity contribution < 1.29 is 14.7 Å². The molecule has 1 atom stereocenters. The minimum atomic E-state index is -0.938. The van der Waals surface area contributed by atoms with Crippen molar-refractivity contribution in [1.82, 2.24) is 10.3 Å². The first kappa shape index (κ1) is 15.7. The molecule has 1 amide bonds. The van der Waals surface area contributed by atoms with Gasteiger partial charge in [0.25, 0.3) is 5.91 Å². The highest BCUT2D eigenvalue weighted by molar-refractivity contribution is 6.31. The zero-order valence-electron chi connectivity index (χ0n) is 12.7. The maximum atomic E-state index is 12.5. The fraction of sp³-hybridized carbons (Fsp3) is 0.353. The van der Waals surface area contributed by atoms with Gasteiger partial charge in [-0.2, -0.15) is 0 Å². The van der Waals surface area contributed by atoms with Crippen LogP contribution in [0.4, 0.5) is 0 Å². The number of hydrogen-bond donors (Lipinski definition) is 2. The average Bonchev–Trinajstić information content (AvgIpc) is 3.35. The number of nitrogens with zero attached hydrogens (tertiary/aromatic N) is 1. The SMILES string of the molecule is CC(CNC(=O)c1cc(C2CC2)nc2ccc(Cl)cc12)C(=O)O. The molecule has 0 spiro atoms. The number of aromatic nitrogens is 1. The van der Waals surface area contributed by atoms with Crippen LogP contribution < -0.4 is 5.32 Å². The van der Waals surface area contributed by atoms with E-state index < -0.39 is 11.9 Å². The highest BCUT2D eigenvalue weighted by atomic mass is 35.5. The van der Waals surface area contributed by atoms with Gasteiger partial charge in [0.15, 0.2) is 0 Å². The molecule has 1 saturated carbocycles. The van der Waals surface area contributed by atoms with Gasteiger partial charge in [-0.1, -0.05) is 18.5 Å². The van der Waals surface area contributed by atoms with Gasteiger partial charge in [-0.3, -0.25) is 14.6 Å². The van der Waals surface area contributed by atoms with Crippen LogP contribution in [0.15, 0.2) is 24.3 Å². The van der Waals surface area contributed by atoms with Crippen molar-refractivity contribution in [1.29, 1.82) is 0 Å². The molecule has 2 N–H and O–H groups in total. The molecule has 0 aliphatic heterocycles. The quantitative estimate of drug-likeness (QED) is 0.881. The van der Waals surface area contributed by atoms with Gasteiger partial charge in [0.2, 0.25) is 0 Å². The number of carboxylic acids is 1. The fourth-order valence-electron chi connectivity index (χ4n) is 2.42. The first-order valence-corrected chi connectivity index (χ1v) is 7.94. The van der Waals surface area contributed by atoms with E-state index in [2.05, 4.69) is 10.3 Å². The monoisotopic (exact) mass is 332 g/mol. The minimum Gasteiger partial charge on any atom is -0.481 e. The first-order valence-electron chi connectivity index (χ1n) is 7.57. The van der Waals surface area contributed by atoms with Crippen molar-refractivity contribution in [3.63, 3.8) is 0 Å². The summed E-state index contributed by atoms with van der Waals surface area (Å²) in [5.74, 6) is -1.46. The maximum Gasteiger partial charge on any atom is 0.308 e. The standard InChI is InChI=1S/C17H17ClN2O3/c1-9(17(22)23)8-19-16(21)13-7-15(10-2-3-10)20-14-5-4-11(18)6-12(13)14/h4-7,9-10H,2-3,8H2,1H3,(H,19,21)(H,22,23). The van der Waals surface area contributed by atoms with Crippen LogP contribution in [0.2, 0.25) is 5.02 Å². The van der Waals surface area contributed by atoms with Gasteiger partial charge in [-0.05, 0) is 37.1 Å². The van der Waals surface area contributed by atoms with Crippen LogP contribution in [0.25, 0.3) is 10.9 Å². The summed E-state index contributed by atoms with van der Waals surface area (Å²) < 4.78 is 0. The molecule has 120 valence electrons. The van der Waals surface area contributed by atoms with E-state index in [1.807, 2.05) is 0 Å². The maximum absolute atomic E-state index is 12.5. The van der Waals surface area contributed by atoms with Crippen molar-refractivity contribution in [2.24, 2.45) is 5.92 Å². The molecule has 1 aliphatic rings. The third kappa shape index (κ3) is 3.45. The van der Waals surface area contributed by atoms with Gasteiger partial charge in [-0.15, -0.1) is 0 Å². The Kier molecular flexibility index (Phi) is 4.22. The molecule has 0 bridgehead atoms. The van der Waals surface area contributed by atoms with E-state index in [9.17, 15) is 9.59 Å². The molecule has 0 radical (unpaired) electrons. The van der Waals surface area contributed by atoms with Crippen molar-refractivity contribution in [3.8, 4) is 0 Å². The summed E-state index contributed by atoms with van der Waals surface area (Å²) >= 11 is 6.04. The second-order valence-electron chi connectivity index (χ2n) is 5.98. The molecule has 1 aromatic heterocycles. The number of nitrogens with one attached hydrogen (secondary N) is 1. The lowest BCUT2D eigenvalue weighted by atomic mass is 10.0. The summed E-state index contributed by atoms with van der Waals surface area (Å²) in [7, 11) is 0. The topological polar surface area (TPSA) is 79.3 Å². The normalized spacial score (nSPS) is 15.4. The van der Waals surface area contributed by atoms with Crippen molar-refractivity contribution in [2.75, 3.05) is 6.54 Å². The lowest BCUT2D eigenvalue weighted by Crippen LogP contribution is -2.31. The van der Waals surface area contributed by atoms with Gasteiger partial charge < -0.3 is 10.4 Å². The van der Waals surface area contributed by atoms with Crippen molar-refractivity contribution >= 4 is 34.4 Å². The Hall–Kier alpha value is -2.14. The van der Waals surface area contributed by atoms with E-state index in [0.29, 0.717) is 21.9 Å². The second kappa shape index (κ2) is 6.16. The number of benzene rings is 1. The van der Waals surface area contributed by atoms with E-state index in [0.717, 1.165) is 24.1 Å². The van der Waals surface area contributed by atoms with Crippen molar-refractivity contribution in [3.05, 3.63) is 40.5 Å². The highest BCUT2D eigenvalue weighted by Gasteiger charge is 2.27. The number of carbonyl (C=O) groups is 2. The Balaban J connectivity index is 1.95. The highest BCUT2D eigenvalue weighted by Crippen LogP contribution is 2.40. The number of fused-ring (bicyclic) bond motifs is 1. The molecule has 1 heterocycles. The molecule has 1 fully saturated rings. The predicted molar refractivity (Wildman–Crippen MR) is 87.9 cm³/mol. The Morgan fingerprint density at radius 2 is 2.13 bits per heavy atom. The number of carboxylic acid groups (broad SMARTS) is 1. The fourth-order valence-corrected chi connectivity index (χ4v) is 2.60. The smallest absolute Gasteiger partial charge is 0.308 e. The molecular weight excluding hydrogens is 316 g/mol. The first-order chi connectivity index (χ1) is 11.0. The molecule has 6 heteroatoms. The van der Waals surface area contributed by atoms with Crippen molar-refractivity contribution in [2.45, 2.75) is 25.7 Å². The summed E-state index contributed by atoms with van der Waals surface area (Å²) in [6.07, 6.45) is 2.17. The number of rotatable bonds is 5. The Bertz CT molecular complexity index is 787. The summed E-state index contributed by atoms with van der Waals surface area (Å²) in [6, 6.07) is 7.08. The van der Waals surface area contributed by atoms with Gasteiger partial charge in [0, 0.05) is 28.6 Å². The minimum absolute atomic E-state index is 0.0807. The van der Waals surface area contributed by atoms with E-state index in [4.69, 9.17) is 16.7 Å². The molecule has 5 nitrogen and oxygen atoms in total. The van der Waals surface area contributed by atoms with Gasteiger partial charge >= 0.3 is 5.97 Å². The number of halogens is 1. The second-order valence-corrected chi connectivity index (χ2v) is 6.42. The van der Waals surface area contributed by atoms with Crippen LogP contribution in [-0.4, -0.2) is 28.5 Å². The number of amides is 1. The Morgan fingerprint density at radius 1 is 1.39 bits per heavy atom. The van der Waals surface area contributed by atoms with E-state index >= 15 is 0 Å². The molecule has 1 aliphatic carbocycles. The molecular formula is C17H17ClN2O3. The molecule has 1 aromatic carbocycles. The molecule has 3 rings (SSSR count). The lowest BCUT2D eigenvalue weighted by molar-refractivity contribution is -0.140. The predicted octanol–water partition coefficient (Wildman–Crippen LogP) is 3.22. The lowest BCUT2D eigenvalue weighted by Gasteiger charge is -2.12. The van der Waals surface area contributed by atoms with Crippen LogP contribution >= 0.6 is 11.6 Å². The number of aliphatic carboxylic acids is 1. The van der Waals surface area contributed by atoms with Gasteiger partial charge in [0.1, 0.15) is 0 Å². The van der Waals surface area contributed by atoms with E-state index in [1.165, 1.54) is 0 Å². The largest absolute Gasteiger partial charge is 0.481 e. The summed E-state index contributed by atoms with van der Waals surface area (Å²) in [5.41, 5.74) is 2.14. The molecule has 23 heavy (non-hydrogen) atoms. The third-order valence-electron chi connectivity index (χ3n) is 4.02. The number of carbonyl (C=O) groups excluding carboxylic acids is 1. The zero-order valence-corrected chi connectivity index (χ0v) is 13.4.